The van der Waals surface area contributed by atoms with Gasteiger partial charge in [-0.15, -0.1) is 12.4 Å². The van der Waals surface area contributed by atoms with Crippen LogP contribution in [-0.4, -0.2) is 17.3 Å². The second-order valence-electron chi connectivity index (χ2n) is 4.83. The van der Waals surface area contributed by atoms with Gasteiger partial charge in [0.25, 0.3) is 5.69 Å². The third-order valence-corrected chi connectivity index (χ3v) is 3.85. The molecule has 0 bridgehead atoms. The molecule has 1 atom stereocenters. The van der Waals surface area contributed by atoms with E-state index in [-0.39, 0.29) is 28.9 Å². The van der Waals surface area contributed by atoms with Gasteiger partial charge < -0.3 is 5.73 Å². The molecule has 0 aliphatic carbocycles. The van der Waals surface area contributed by atoms with Crippen LogP contribution < -0.4 is 5.73 Å². The molecule has 22 heavy (non-hydrogen) atoms. The number of halogens is 2. The van der Waals surface area contributed by atoms with Gasteiger partial charge in [0.1, 0.15) is 5.84 Å². The SMILES string of the molecule is Cl.NC1=NCC(c2ccccc2[N+](=O)[O-])c2cc(Cl)ccc21. The number of rotatable bonds is 2. The van der Waals surface area contributed by atoms with Gasteiger partial charge in [0.2, 0.25) is 0 Å². The molecule has 2 aromatic rings. The fourth-order valence-corrected chi connectivity index (χ4v) is 2.82. The van der Waals surface area contributed by atoms with Crippen molar-refractivity contribution in [2.75, 3.05) is 6.54 Å². The fraction of sp³-hybridized carbons (Fsp3) is 0.133. The minimum absolute atomic E-state index is 0. The molecule has 1 aliphatic heterocycles. The molecule has 0 spiro atoms. The van der Waals surface area contributed by atoms with Crippen LogP contribution in [0.15, 0.2) is 47.5 Å². The van der Waals surface area contributed by atoms with Gasteiger partial charge >= 0.3 is 0 Å². The summed E-state index contributed by atoms with van der Waals surface area (Å²) in [5, 5.41) is 11.8. The normalized spacial score (nSPS) is 16.2. The van der Waals surface area contributed by atoms with Crippen LogP contribution in [0, 0.1) is 10.1 Å². The molecule has 1 aliphatic rings. The minimum Gasteiger partial charge on any atom is -0.383 e. The van der Waals surface area contributed by atoms with Gasteiger partial charge in [-0.25, -0.2) is 0 Å². The summed E-state index contributed by atoms with van der Waals surface area (Å²) in [4.78, 5) is 15.1. The van der Waals surface area contributed by atoms with Crippen LogP contribution in [0.1, 0.15) is 22.6 Å². The Morgan fingerprint density at radius 2 is 1.95 bits per heavy atom. The Bertz CT molecular complexity index is 762. The fourth-order valence-electron chi connectivity index (χ4n) is 2.64. The van der Waals surface area contributed by atoms with Crippen molar-refractivity contribution in [2.24, 2.45) is 10.7 Å². The summed E-state index contributed by atoms with van der Waals surface area (Å²) < 4.78 is 0. The smallest absolute Gasteiger partial charge is 0.273 e. The van der Waals surface area contributed by atoms with E-state index in [1.54, 1.807) is 36.4 Å². The van der Waals surface area contributed by atoms with E-state index in [4.69, 9.17) is 17.3 Å². The molecule has 0 saturated heterocycles. The van der Waals surface area contributed by atoms with Gasteiger partial charge in [-0.2, -0.15) is 0 Å². The van der Waals surface area contributed by atoms with Crippen molar-refractivity contribution < 1.29 is 4.92 Å². The average molecular weight is 338 g/mol. The van der Waals surface area contributed by atoms with E-state index in [0.717, 1.165) is 11.1 Å². The number of fused-ring (bicyclic) bond motifs is 1. The molecule has 1 heterocycles. The van der Waals surface area contributed by atoms with Gasteiger partial charge in [0, 0.05) is 28.1 Å². The maximum absolute atomic E-state index is 11.2. The monoisotopic (exact) mass is 337 g/mol. The largest absolute Gasteiger partial charge is 0.383 e. The lowest BCUT2D eigenvalue weighted by Crippen LogP contribution is -2.24. The van der Waals surface area contributed by atoms with E-state index < -0.39 is 0 Å². The zero-order chi connectivity index (χ0) is 15.0. The molecular weight excluding hydrogens is 325 g/mol. The van der Waals surface area contributed by atoms with Gasteiger partial charge in [-0.1, -0.05) is 29.8 Å². The molecule has 0 saturated carbocycles. The van der Waals surface area contributed by atoms with Crippen molar-refractivity contribution >= 4 is 35.5 Å². The summed E-state index contributed by atoms with van der Waals surface area (Å²) in [5.74, 6) is 0.226. The van der Waals surface area contributed by atoms with Crippen LogP contribution in [0.4, 0.5) is 5.69 Å². The number of nitro groups is 1. The van der Waals surface area contributed by atoms with Crippen LogP contribution in [0.25, 0.3) is 0 Å². The predicted octanol–water partition coefficient (Wildman–Crippen LogP) is 3.52. The maximum atomic E-state index is 11.2. The Morgan fingerprint density at radius 3 is 2.68 bits per heavy atom. The molecular formula is C15H13Cl2N3O2. The molecule has 0 fully saturated rings. The molecule has 2 N–H and O–H groups in total. The van der Waals surface area contributed by atoms with Gasteiger partial charge in [0.15, 0.2) is 0 Å². The number of amidine groups is 1. The minimum atomic E-state index is -0.374. The van der Waals surface area contributed by atoms with Crippen LogP contribution in [0.2, 0.25) is 5.02 Å². The summed E-state index contributed by atoms with van der Waals surface area (Å²) in [5.41, 5.74) is 8.29. The third-order valence-electron chi connectivity index (χ3n) is 3.62. The van der Waals surface area contributed by atoms with Crippen LogP contribution in [0.5, 0.6) is 0 Å². The standard InChI is InChI=1S/C15H12ClN3O2.ClH/c16-9-5-6-11-12(7-9)13(8-18-15(11)17)10-3-1-2-4-14(10)19(20)21;/h1-7,13H,8H2,(H2,17,18);1H. The van der Waals surface area contributed by atoms with Crippen molar-refractivity contribution in [3.05, 3.63) is 74.3 Å². The first-order valence-electron chi connectivity index (χ1n) is 6.41. The van der Waals surface area contributed by atoms with E-state index in [2.05, 4.69) is 4.99 Å². The van der Waals surface area contributed by atoms with E-state index in [9.17, 15) is 10.1 Å². The highest BCUT2D eigenvalue weighted by Gasteiger charge is 2.28. The zero-order valence-electron chi connectivity index (χ0n) is 11.4. The number of hydrogen-bond donors (Lipinski definition) is 1. The molecule has 5 nitrogen and oxygen atoms in total. The van der Waals surface area contributed by atoms with E-state index in [1.807, 2.05) is 0 Å². The summed E-state index contributed by atoms with van der Waals surface area (Å²) in [6.07, 6.45) is 0. The molecule has 3 rings (SSSR count). The molecule has 0 radical (unpaired) electrons. The first-order chi connectivity index (χ1) is 10.1. The van der Waals surface area contributed by atoms with Crippen LogP contribution in [0.3, 0.4) is 0 Å². The molecule has 0 aromatic heterocycles. The average Bonchev–Trinajstić information content (AvgIpc) is 2.47. The number of nitrogens with zero attached hydrogens (tertiary/aromatic N) is 2. The van der Waals surface area contributed by atoms with Crippen molar-refractivity contribution in [1.29, 1.82) is 0 Å². The Balaban J connectivity index is 0.00000176. The third kappa shape index (κ3) is 2.77. The molecule has 2 aromatic carbocycles. The highest BCUT2D eigenvalue weighted by Crippen LogP contribution is 2.36. The van der Waals surface area contributed by atoms with E-state index in [0.29, 0.717) is 23.0 Å². The molecule has 7 heteroatoms. The highest BCUT2D eigenvalue weighted by atomic mass is 35.5. The lowest BCUT2D eigenvalue weighted by atomic mass is 9.85. The highest BCUT2D eigenvalue weighted by molar-refractivity contribution is 6.30. The van der Waals surface area contributed by atoms with Crippen molar-refractivity contribution in [3.63, 3.8) is 0 Å². The Kier molecular flexibility index (Phi) is 4.68. The van der Waals surface area contributed by atoms with Crippen LogP contribution in [-0.2, 0) is 0 Å². The van der Waals surface area contributed by atoms with Gasteiger partial charge in [0.05, 0.1) is 11.5 Å². The Labute approximate surface area is 138 Å². The summed E-state index contributed by atoms with van der Waals surface area (Å²) in [7, 11) is 0. The van der Waals surface area contributed by atoms with E-state index in [1.165, 1.54) is 6.07 Å². The number of nitrogens with two attached hydrogens (primary N) is 1. The van der Waals surface area contributed by atoms with Crippen LogP contribution >= 0.6 is 24.0 Å². The number of hydrogen-bond acceptors (Lipinski definition) is 4. The second-order valence-corrected chi connectivity index (χ2v) is 5.26. The van der Waals surface area contributed by atoms with Crippen molar-refractivity contribution in [3.8, 4) is 0 Å². The Morgan fingerprint density at radius 1 is 1.23 bits per heavy atom. The molecule has 0 amide bonds. The Hall–Kier alpha value is -2.11. The summed E-state index contributed by atoms with van der Waals surface area (Å²) in [6.45, 7) is 0.379. The van der Waals surface area contributed by atoms with Crippen molar-refractivity contribution in [1.82, 2.24) is 0 Å². The first kappa shape index (κ1) is 16.3. The zero-order valence-corrected chi connectivity index (χ0v) is 13.0. The van der Waals surface area contributed by atoms with E-state index >= 15 is 0 Å². The molecule has 114 valence electrons. The predicted molar refractivity (Wildman–Crippen MR) is 89.2 cm³/mol. The van der Waals surface area contributed by atoms with Gasteiger partial charge in [-0.05, 0) is 23.8 Å². The number of para-hydroxylation sites is 1. The lowest BCUT2D eigenvalue weighted by Gasteiger charge is -2.23. The second kappa shape index (κ2) is 6.34. The number of benzene rings is 2. The van der Waals surface area contributed by atoms with Gasteiger partial charge in [-0.3, -0.25) is 15.1 Å². The number of nitro benzene ring substituents is 1. The summed E-state index contributed by atoms with van der Waals surface area (Å²) >= 11 is 6.06. The molecule has 1 unspecified atom stereocenters. The van der Waals surface area contributed by atoms with Crippen molar-refractivity contribution in [2.45, 2.75) is 5.92 Å². The quantitative estimate of drug-likeness (QED) is 0.672. The first-order valence-corrected chi connectivity index (χ1v) is 6.79. The lowest BCUT2D eigenvalue weighted by molar-refractivity contribution is -0.385. The summed E-state index contributed by atoms with van der Waals surface area (Å²) in [6, 6.07) is 12.0. The maximum Gasteiger partial charge on any atom is 0.273 e. The topological polar surface area (TPSA) is 81.5 Å². The number of aliphatic imine (C=N–C) groups is 1.